The first-order chi connectivity index (χ1) is 11.1. The molecule has 0 spiro atoms. The first-order valence-electron chi connectivity index (χ1n) is 7.99. The van der Waals surface area contributed by atoms with Crippen LogP contribution in [-0.4, -0.2) is 45.9 Å². The maximum Gasteiger partial charge on any atom is 0.309 e. The van der Waals surface area contributed by atoms with Crippen LogP contribution < -0.4 is 0 Å². The Kier molecular flexibility index (Phi) is 4.32. The summed E-state index contributed by atoms with van der Waals surface area (Å²) in [6, 6.07) is 3.66. The minimum absolute atomic E-state index is 0.000520. The highest BCUT2D eigenvalue weighted by Gasteiger charge is 2.28. The van der Waals surface area contributed by atoms with E-state index in [1.807, 2.05) is 42.8 Å². The molecule has 0 unspecified atom stereocenters. The Hall–Kier alpha value is -2.37. The molecule has 3 rings (SSSR count). The summed E-state index contributed by atoms with van der Waals surface area (Å²) in [7, 11) is 0. The van der Waals surface area contributed by atoms with Crippen LogP contribution in [0.1, 0.15) is 35.8 Å². The van der Waals surface area contributed by atoms with Gasteiger partial charge in [0, 0.05) is 25.5 Å². The molecule has 1 fully saturated rings. The first kappa shape index (κ1) is 15.5. The number of aryl methyl sites for hydroxylation is 1. The van der Waals surface area contributed by atoms with Gasteiger partial charge in [0.2, 0.25) is 0 Å². The van der Waals surface area contributed by atoms with E-state index in [1.165, 1.54) is 0 Å². The Bertz CT molecular complexity index is 730. The SMILES string of the molecule is CCOC(=O)C1CCN(C(=O)c2ccc3nc(C)cn3c2)CC1. The second-order valence-electron chi connectivity index (χ2n) is 5.88. The zero-order valence-corrected chi connectivity index (χ0v) is 13.5. The van der Waals surface area contributed by atoms with E-state index in [1.54, 1.807) is 4.90 Å². The molecule has 6 heteroatoms. The van der Waals surface area contributed by atoms with E-state index < -0.39 is 0 Å². The van der Waals surface area contributed by atoms with Gasteiger partial charge in [0.1, 0.15) is 5.65 Å². The molecule has 0 radical (unpaired) electrons. The van der Waals surface area contributed by atoms with E-state index in [0.29, 0.717) is 38.1 Å². The average Bonchev–Trinajstić information content (AvgIpc) is 2.93. The van der Waals surface area contributed by atoms with Crippen LogP contribution in [0, 0.1) is 12.8 Å². The van der Waals surface area contributed by atoms with Gasteiger partial charge in [-0.25, -0.2) is 4.98 Å². The van der Waals surface area contributed by atoms with Gasteiger partial charge in [0.25, 0.3) is 5.91 Å². The van der Waals surface area contributed by atoms with Gasteiger partial charge in [-0.05, 0) is 38.8 Å². The molecule has 2 aromatic rings. The third kappa shape index (κ3) is 3.21. The van der Waals surface area contributed by atoms with E-state index in [0.717, 1.165) is 11.3 Å². The molecule has 0 atom stereocenters. The molecule has 6 nitrogen and oxygen atoms in total. The largest absolute Gasteiger partial charge is 0.466 e. The van der Waals surface area contributed by atoms with Gasteiger partial charge < -0.3 is 14.0 Å². The smallest absolute Gasteiger partial charge is 0.309 e. The summed E-state index contributed by atoms with van der Waals surface area (Å²) in [5.41, 5.74) is 2.40. The topological polar surface area (TPSA) is 63.9 Å². The molecule has 0 aromatic carbocycles. The van der Waals surface area contributed by atoms with E-state index in [4.69, 9.17) is 4.74 Å². The van der Waals surface area contributed by atoms with Crippen LogP contribution in [0.3, 0.4) is 0 Å². The summed E-state index contributed by atoms with van der Waals surface area (Å²) in [6.45, 7) is 5.31. The normalized spacial score (nSPS) is 15.8. The van der Waals surface area contributed by atoms with Crippen LogP contribution in [-0.2, 0) is 9.53 Å². The second-order valence-corrected chi connectivity index (χ2v) is 5.88. The number of imidazole rings is 1. The van der Waals surface area contributed by atoms with Gasteiger partial charge >= 0.3 is 5.97 Å². The van der Waals surface area contributed by atoms with E-state index >= 15 is 0 Å². The molecule has 122 valence electrons. The maximum absolute atomic E-state index is 12.6. The third-order valence-electron chi connectivity index (χ3n) is 4.22. The van der Waals surface area contributed by atoms with Gasteiger partial charge in [-0.2, -0.15) is 0 Å². The van der Waals surface area contributed by atoms with E-state index in [-0.39, 0.29) is 17.8 Å². The predicted octanol–water partition coefficient (Wildman–Crippen LogP) is 2.06. The summed E-state index contributed by atoms with van der Waals surface area (Å²) in [5, 5.41) is 0. The molecule has 1 amide bonds. The number of pyridine rings is 1. The molecule has 1 saturated heterocycles. The van der Waals surface area contributed by atoms with Gasteiger partial charge in [-0.15, -0.1) is 0 Å². The number of nitrogens with zero attached hydrogens (tertiary/aromatic N) is 3. The predicted molar refractivity (Wildman–Crippen MR) is 85.2 cm³/mol. The number of hydrogen-bond donors (Lipinski definition) is 0. The Labute approximate surface area is 135 Å². The van der Waals surface area contributed by atoms with Crippen LogP contribution in [0.25, 0.3) is 5.65 Å². The molecule has 0 saturated carbocycles. The lowest BCUT2D eigenvalue weighted by Gasteiger charge is -2.30. The lowest BCUT2D eigenvalue weighted by molar-refractivity contribution is -0.149. The van der Waals surface area contributed by atoms with Crippen molar-refractivity contribution in [2.75, 3.05) is 19.7 Å². The number of fused-ring (bicyclic) bond motifs is 1. The molecule has 0 aliphatic carbocycles. The van der Waals surface area contributed by atoms with Crippen LogP contribution in [0.15, 0.2) is 24.5 Å². The monoisotopic (exact) mass is 315 g/mol. The number of esters is 1. The first-order valence-corrected chi connectivity index (χ1v) is 7.99. The van der Waals surface area contributed by atoms with Gasteiger partial charge in [-0.3, -0.25) is 9.59 Å². The van der Waals surface area contributed by atoms with Crippen molar-refractivity contribution in [3.63, 3.8) is 0 Å². The molecule has 23 heavy (non-hydrogen) atoms. The van der Waals surface area contributed by atoms with Gasteiger partial charge in [0.15, 0.2) is 0 Å². The van der Waals surface area contributed by atoms with Crippen molar-refractivity contribution in [3.8, 4) is 0 Å². The minimum Gasteiger partial charge on any atom is -0.466 e. The van der Waals surface area contributed by atoms with Crippen molar-refractivity contribution in [1.82, 2.24) is 14.3 Å². The highest BCUT2D eigenvalue weighted by Crippen LogP contribution is 2.20. The average molecular weight is 315 g/mol. The number of hydrogen-bond acceptors (Lipinski definition) is 4. The summed E-state index contributed by atoms with van der Waals surface area (Å²) in [4.78, 5) is 30.6. The van der Waals surface area contributed by atoms with Crippen molar-refractivity contribution >= 4 is 17.5 Å². The molecule has 0 N–H and O–H groups in total. The van der Waals surface area contributed by atoms with Crippen LogP contribution in [0.4, 0.5) is 0 Å². The highest BCUT2D eigenvalue weighted by molar-refractivity contribution is 5.94. The molecule has 3 heterocycles. The highest BCUT2D eigenvalue weighted by atomic mass is 16.5. The van der Waals surface area contributed by atoms with Crippen molar-refractivity contribution in [3.05, 3.63) is 35.8 Å². The lowest BCUT2D eigenvalue weighted by atomic mass is 9.96. The zero-order valence-electron chi connectivity index (χ0n) is 13.5. The molecule has 2 aromatic heterocycles. The standard InChI is InChI=1S/C17H21N3O3/c1-3-23-17(22)13-6-8-19(9-7-13)16(21)14-4-5-15-18-12(2)10-20(15)11-14/h4-5,10-11,13H,3,6-9H2,1-2H3. The number of piperidine rings is 1. The molecule has 1 aliphatic heterocycles. The van der Waals surface area contributed by atoms with Crippen LogP contribution >= 0.6 is 0 Å². The van der Waals surface area contributed by atoms with Crippen molar-refractivity contribution in [1.29, 1.82) is 0 Å². The number of ether oxygens (including phenoxy) is 1. The minimum atomic E-state index is -0.144. The fourth-order valence-electron chi connectivity index (χ4n) is 3.01. The van der Waals surface area contributed by atoms with Crippen LogP contribution in [0.5, 0.6) is 0 Å². The number of amides is 1. The van der Waals surface area contributed by atoms with Gasteiger partial charge in [0.05, 0.1) is 23.8 Å². The number of aromatic nitrogens is 2. The van der Waals surface area contributed by atoms with E-state index in [9.17, 15) is 9.59 Å². The number of carbonyl (C=O) groups is 2. The maximum atomic E-state index is 12.6. The Morgan fingerprint density at radius 3 is 2.70 bits per heavy atom. The zero-order chi connectivity index (χ0) is 16.4. The molecular weight excluding hydrogens is 294 g/mol. The quantitative estimate of drug-likeness (QED) is 0.813. The Balaban J connectivity index is 1.67. The molecule has 1 aliphatic rings. The van der Waals surface area contributed by atoms with E-state index in [2.05, 4.69) is 4.98 Å². The second kappa shape index (κ2) is 6.40. The van der Waals surface area contributed by atoms with Gasteiger partial charge in [-0.1, -0.05) is 0 Å². The lowest BCUT2D eigenvalue weighted by Crippen LogP contribution is -2.40. The number of rotatable bonds is 3. The summed E-state index contributed by atoms with van der Waals surface area (Å²) < 4.78 is 6.93. The Morgan fingerprint density at radius 1 is 1.26 bits per heavy atom. The molecular formula is C17H21N3O3. The molecule has 0 bridgehead atoms. The Morgan fingerprint density at radius 2 is 2.00 bits per heavy atom. The number of likely N-dealkylation sites (tertiary alicyclic amines) is 1. The fourth-order valence-corrected chi connectivity index (χ4v) is 3.01. The summed E-state index contributed by atoms with van der Waals surface area (Å²) >= 11 is 0. The number of carbonyl (C=O) groups excluding carboxylic acids is 2. The van der Waals surface area contributed by atoms with Crippen LogP contribution in [0.2, 0.25) is 0 Å². The summed E-state index contributed by atoms with van der Waals surface area (Å²) in [5.74, 6) is -0.228. The third-order valence-corrected chi connectivity index (χ3v) is 4.22. The summed E-state index contributed by atoms with van der Waals surface area (Å²) in [6.07, 6.45) is 5.04. The van der Waals surface area contributed by atoms with Crippen molar-refractivity contribution in [2.45, 2.75) is 26.7 Å². The van der Waals surface area contributed by atoms with Crippen molar-refractivity contribution in [2.24, 2.45) is 5.92 Å². The van der Waals surface area contributed by atoms with Crippen molar-refractivity contribution < 1.29 is 14.3 Å². The fraction of sp³-hybridized carbons (Fsp3) is 0.471.